The van der Waals surface area contributed by atoms with E-state index in [1.165, 1.54) is 0 Å². The number of aryl methyl sites for hydroxylation is 2. The van der Waals surface area contributed by atoms with Gasteiger partial charge in [-0.3, -0.25) is 9.69 Å². The molecule has 3 heterocycles. The standard InChI is InChI=1S/C19H21ClN4O2S/c1-11-4-3-5-14(20)15(11)23-19(25)16-13(10-24-6-8-26-9-7-24)17-18(22-16)21-12(2)27-17/h3-5,22H,6-10H2,1-2H3,(H,23,25). The van der Waals surface area contributed by atoms with Gasteiger partial charge in [0.1, 0.15) is 11.3 Å². The van der Waals surface area contributed by atoms with Crippen molar-refractivity contribution in [1.82, 2.24) is 14.9 Å². The molecule has 27 heavy (non-hydrogen) atoms. The van der Waals surface area contributed by atoms with Gasteiger partial charge in [-0.25, -0.2) is 4.98 Å². The van der Waals surface area contributed by atoms with E-state index in [0.717, 1.165) is 52.8 Å². The van der Waals surface area contributed by atoms with Gasteiger partial charge < -0.3 is 15.0 Å². The molecule has 6 nitrogen and oxygen atoms in total. The normalized spacial score (nSPS) is 15.4. The summed E-state index contributed by atoms with van der Waals surface area (Å²) in [6.45, 7) is 7.74. The van der Waals surface area contributed by atoms with Crippen LogP contribution in [0.5, 0.6) is 0 Å². The first-order chi connectivity index (χ1) is 13.0. The number of rotatable bonds is 4. The van der Waals surface area contributed by atoms with Crippen LogP contribution in [0.1, 0.15) is 26.6 Å². The third-order valence-corrected chi connectivity index (χ3v) is 6.07. The lowest BCUT2D eigenvalue weighted by Gasteiger charge is -2.26. The highest BCUT2D eigenvalue weighted by Gasteiger charge is 2.24. The molecule has 1 aromatic carbocycles. The molecule has 1 fully saturated rings. The van der Waals surface area contributed by atoms with Crippen molar-refractivity contribution in [1.29, 1.82) is 0 Å². The van der Waals surface area contributed by atoms with Gasteiger partial charge in [-0.15, -0.1) is 11.3 Å². The molecule has 4 rings (SSSR count). The summed E-state index contributed by atoms with van der Waals surface area (Å²) < 4.78 is 6.48. The van der Waals surface area contributed by atoms with Gasteiger partial charge in [-0.05, 0) is 25.5 Å². The van der Waals surface area contributed by atoms with Gasteiger partial charge in [0, 0.05) is 25.2 Å². The van der Waals surface area contributed by atoms with Crippen molar-refractivity contribution in [3.05, 3.63) is 45.1 Å². The molecule has 0 saturated carbocycles. The van der Waals surface area contributed by atoms with Crippen LogP contribution < -0.4 is 5.32 Å². The highest BCUT2D eigenvalue weighted by atomic mass is 35.5. The van der Waals surface area contributed by atoms with Crippen molar-refractivity contribution in [2.75, 3.05) is 31.6 Å². The van der Waals surface area contributed by atoms with Gasteiger partial charge in [0.2, 0.25) is 0 Å². The quantitative estimate of drug-likeness (QED) is 0.690. The Hall–Kier alpha value is -1.93. The smallest absolute Gasteiger partial charge is 0.272 e. The van der Waals surface area contributed by atoms with E-state index in [4.69, 9.17) is 16.3 Å². The minimum Gasteiger partial charge on any atom is -0.379 e. The van der Waals surface area contributed by atoms with E-state index in [0.29, 0.717) is 22.9 Å². The number of aromatic amines is 1. The first-order valence-corrected chi connectivity index (χ1v) is 10.1. The number of thiazole rings is 1. The topological polar surface area (TPSA) is 70.2 Å². The number of aromatic nitrogens is 2. The number of benzene rings is 1. The Morgan fingerprint density at radius 1 is 1.37 bits per heavy atom. The Morgan fingerprint density at radius 3 is 2.89 bits per heavy atom. The number of H-pyrrole nitrogens is 1. The fraction of sp³-hybridized carbons (Fsp3) is 0.368. The van der Waals surface area contributed by atoms with Gasteiger partial charge in [0.05, 0.1) is 33.6 Å². The summed E-state index contributed by atoms with van der Waals surface area (Å²) in [7, 11) is 0. The van der Waals surface area contributed by atoms with Crippen LogP contribution in [0.25, 0.3) is 10.3 Å². The molecular weight excluding hydrogens is 384 g/mol. The first-order valence-electron chi connectivity index (χ1n) is 8.87. The second-order valence-corrected chi connectivity index (χ2v) is 8.27. The van der Waals surface area contributed by atoms with E-state index in [1.807, 2.05) is 26.0 Å². The largest absolute Gasteiger partial charge is 0.379 e. The first kappa shape index (κ1) is 18.4. The summed E-state index contributed by atoms with van der Waals surface area (Å²) in [6, 6.07) is 5.57. The van der Waals surface area contributed by atoms with E-state index < -0.39 is 0 Å². The second kappa shape index (κ2) is 7.59. The monoisotopic (exact) mass is 404 g/mol. The number of amides is 1. The fourth-order valence-electron chi connectivity index (χ4n) is 3.32. The van der Waals surface area contributed by atoms with Gasteiger partial charge in [0.25, 0.3) is 5.91 Å². The van der Waals surface area contributed by atoms with E-state index in [1.54, 1.807) is 17.4 Å². The third-order valence-electron chi connectivity index (χ3n) is 4.73. The van der Waals surface area contributed by atoms with Crippen LogP contribution >= 0.6 is 22.9 Å². The number of ether oxygens (including phenoxy) is 1. The number of hydrogen-bond acceptors (Lipinski definition) is 5. The number of nitrogens with zero attached hydrogens (tertiary/aromatic N) is 2. The predicted molar refractivity (Wildman–Crippen MR) is 109 cm³/mol. The molecular formula is C19H21ClN4O2S. The Kier molecular flexibility index (Phi) is 5.19. The summed E-state index contributed by atoms with van der Waals surface area (Å²) in [4.78, 5) is 23.1. The highest BCUT2D eigenvalue weighted by molar-refractivity contribution is 7.18. The lowest BCUT2D eigenvalue weighted by atomic mass is 10.1. The van der Waals surface area contributed by atoms with E-state index in [9.17, 15) is 4.79 Å². The number of carbonyl (C=O) groups excluding carboxylic acids is 1. The van der Waals surface area contributed by atoms with Crippen LogP contribution in [0.15, 0.2) is 18.2 Å². The molecule has 3 aromatic rings. The number of halogens is 1. The van der Waals surface area contributed by atoms with Gasteiger partial charge in [0.15, 0.2) is 0 Å². The molecule has 2 N–H and O–H groups in total. The number of hydrogen-bond donors (Lipinski definition) is 2. The zero-order valence-corrected chi connectivity index (χ0v) is 16.8. The highest BCUT2D eigenvalue weighted by Crippen LogP contribution is 2.31. The molecule has 0 aliphatic carbocycles. The molecule has 142 valence electrons. The maximum atomic E-state index is 13.1. The summed E-state index contributed by atoms with van der Waals surface area (Å²) in [5, 5.41) is 4.48. The van der Waals surface area contributed by atoms with Crippen LogP contribution in [-0.4, -0.2) is 47.1 Å². The molecule has 2 aromatic heterocycles. The van der Waals surface area contributed by atoms with Crippen LogP contribution in [0, 0.1) is 13.8 Å². The Balaban J connectivity index is 1.68. The summed E-state index contributed by atoms with van der Waals surface area (Å²) in [5.74, 6) is -0.197. The van der Waals surface area contributed by atoms with Crippen LogP contribution in [0.3, 0.4) is 0 Å². The second-order valence-electron chi connectivity index (χ2n) is 6.66. The Bertz CT molecular complexity index is 971. The molecule has 0 radical (unpaired) electrons. The van der Waals surface area contributed by atoms with E-state index in [-0.39, 0.29) is 5.91 Å². The number of para-hydroxylation sites is 1. The van der Waals surface area contributed by atoms with E-state index in [2.05, 4.69) is 20.2 Å². The minimum absolute atomic E-state index is 0.197. The summed E-state index contributed by atoms with van der Waals surface area (Å²) >= 11 is 7.89. The Labute approximate surface area is 166 Å². The van der Waals surface area contributed by atoms with Crippen molar-refractivity contribution >= 4 is 44.9 Å². The predicted octanol–water partition coefficient (Wildman–Crippen LogP) is 3.98. The summed E-state index contributed by atoms with van der Waals surface area (Å²) in [6.07, 6.45) is 0. The lowest BCUT2D eigenvalue weighted by molar-refractivity contribution is 0.0343. The number of fused-ring (bicyclic) bond motifs is 1. The third kappa shape index (κ3) is 3.73. The molecule has 1 amide bonds. The zero-order chi connectivity index (χ0) is 19.0. The molecule has 1 saturated heterocycles. The minimum atomic E-state index is -0.197. The van der Waals surface area contributed by atoms with E-state index >= 15 is 0 Å². The van der Waals surface area contributed by atoms with Crippen molar-refractivity contribution < 1.29 is 9.53 Å². The van der Waals surface area contributed by atoms with Crippen LogP contribution in [0.2, 0.25) is 5.02 Å². The lowest BCUT2D eigenvalue weighted by Crippen LogP contribution is -2.36. The molecule has 0 bridgehead atoms. The van der Waals surface area contributed by atoms with Gasteiger partial charge in [-0.1, -0.05) is 23.7 Å². The molecule has 1 aliphatic heterocycles. The summed E-state index contributed by atoms with van der Waals surface area (Å²) in [5.41, 5.74) is 3.87. The number of carbonyl (C=O) groups is 1. The van der Waals surface area contributed by atoms with Crippen LogP contribution in [-0.2, 0) is 11.3 Å². The molecule has 1 aliphatic rings. The maximum absolute atomic E-state index is 13.1. The van der Waals surface area contributed by atoms with Crippen molar-refractivity contribution in [3.8, 4) is 0 Å². The van der Waals surface area contributed by atoms with Crippen molar-refractivity contribution in [2.45, 2.75) is 20.4 Å². The van der Waals surface area contributed by atoms with Gasteiger partial charge in [-0.2, -0.15) is 0 Å². The van der Waals surface area contributed by atoms with Crippen LogP contribution in [0.4, 0.5) is 5.69 Å². The average Bonchev–Trinajstić information content (AvgIpc) is 3.16. The average molecular weight is 405 g/mol. The molecule has 0 unspecified atom stereocenters. The van der Waals surface area contributed by atoms with Gasteiger partial charge >= 0.3 is 0 Å². The van der Waals surface area contributed by atoms with Crippen molar-refractivity contribution in [2.24, 2.45) is 0 Å². The maximum Gasteiger partial charge on any atom is 0.272 e. The number of morpholine rings is 1. The molecule has 0 atom stereocenters. The SMILES string of the molecule is Cc1nc2[nH]c(C(=O)Nc3c(C)cccc3Cl)c(CN3CCOCC3)c2s1. The molecule has 0 spiro atoms. The van der Waals surface area contributed by atoms with Crippen molar-refractivity contribution in [3.63, 3.8) is 0 Å². The Morgan fingerprint density at radius 2 is 2.15 bits per heavy atom. The number of nitrogens with one attached hydrogen (secondary N) is 2. The fourth-order valence-corrected chi connectivity index (χ4v) is 4.50. The number of anilines is 1. The molecule has 8 heteroatoms. The zero-order valence-electron chi connectivity index (χ0n) is 15.3.